The summed E-state index contributed by atoms with van der Waals surface area (Å²) in [5.74, 6) is 1.91. The number of hydrogen-bond donors (Lipinski definition) is 1. The first kappa shape index (κ1) is 29.8. The lowest BCUT2D eigenvalue weighted by atomic mass is 10.0. The summed E-state index contributed by atoms with van der Waals surface area (Å²) >= 11 is 12.0. The smallest absolute Gasteiger partial charge is 0.321 e. The first-order valence-corrected chi connectivity index (χ1v) is 14.7. The Balaban J connectivity index is 1.21. The highest BCUT2D eigenvalue weighted by Gasteiger charge is 2.41. The monoisotopic (exact) mass is 609 g/mol. The van der Waals surface area contributed by atoms with E-state index in [0.717, 1.165) is 37.8 Å². The maximum atomic E-state index is 13.0. The van der Waals surface area contributed by atoms with Crippen molar-refractivity contribution in [1.29, 1.82) is 5.26 Å². The number of carbonyl (C=O) groups excluding carboxylic acids is 1. The SMILES string of the molecule is COc1ccc(OC(CCCN2C3CCC2CN(C(=O)Nc2cc(Cl)nc(Cl)c2)C3)c2ccc(C#N)cc2)cc1OC. The molecule has 3 unspecified atom stereocenters. The average Bonchev–Trinajstić information content (AvgIpc) is 3.21. The number of nitriles is 1. The van der Waals surface area contributed by atoms with Crippen LogP contribution in [0.5, 0.6) is 17.2 Å². The van der Waals surface area contributed by atoms with Crippen LogP contribution in [0.25, 0.3) is 0 Å². The molecule has 0 aliphatic carbocycles. The topological polar surface area (TPSA) is 100.0 Å². The fourth-order valence-electron chi connectivity index (χ4n) is 5.84. The molecule has 11 heteroatoms. The molecule has 0 saturated carbocycles. The Morgan fingerprint density at radius 2 is 1.69 bits per heavy atom. The highest BCUT2D eigenvalue weighted by atomic mass is 35.5. The van der Waals surface area contributed by atoms with Gasteiger partial charge in [0.05, 0.1) is 25.9 Å². The van der Waals surface area contributed by atoms with Gasteiger partial charge in [-0.15, -0.1) is 0 Å². The zero-order chi connectivity index (χ0) is 29.6. The summed E-state index contributed by atoms with van der Waals surface area (Å²) in [5.41, 5.74) is 2.14. The predicted molar refractivity (Wildman–Crippen MR) is 162 cm³/mol. The molecule has 0 spiro atoms. The molecule has 1 N–H and O–H groups in total. The fraction of sp³-hybridized carbons (Fsp3) is 0.387. The van der Waals surface area contributed by atoms with E-state index in [2.05, 4.69) is 21.3 Å². The summed E-state index contributed by atoms with van der Waals surface area (Å²) in [6, 6.07) is 18.9. The molecule has 2 aliphatic heterocycles. The number of nitrogens with zero attached hydrogens (tertiary/aromatic N) is 4. The van der Waals surface area contributed by atoms with E-state index in [9.17, 15) is 10.1 Å². The molecule has 2 aliphatic rings. The third-order valence-electron chi connectivity index (χ3n) is 7.86. The summed E-state index contributed by atoms with van der Waals surface area (Å²) in [6.45, 7) is 2.23. The van der Waals surface area contributed by atoms with Gasteiger partial charge in [-0.05, 0) is 74.2 Å². The first-order chi connectivity index (χ1) is 20.4. The maximum absolute atomic E-state index is 13.0. The van der Waals surface area contributed by atoms with E-state index in [4.69, 9.17) is 37.4 Å². The minimum absolute atomic E-state index is 0.158. The van der Waals surface area contributed by atoms with E-state index in [-0.39, 0.29) is 22.4 Å². The fourth-order valence-corrected chi connectivity index (χ4v) is 6.30. The van der Waals surface area contributed by atoms with Crippen molar-refractivity contribution in [3.63, 3.8) is 0 Å². The van der Waals surface area contributed by atoms with Gasteiger partial charge in [-0.25, -0.2) is 9.78 Å². The van der Waals surface area contributed by atoms with Crippen molar-refractivity contribution in [2.75, 3.05) is 39.2 Å². The van der Waals surface area contributed by atoms with Crippen molar-refractivity contribution in [2.24, 2.45) is 0 Å². The zero-order valence-corrected chi connectivity index (χ0v) is 25.1. The minimum atomic E-state index is -0.209. The number of benzene rings is 2. The van der Waals surface area contributed by atoms with Gasteiger partial charge in [0.2, 0.25) is 0 Å². The van der Waals surface area contributed by atoms with Crippen molar-refractivity contribution in [2.45, 2.75) is 43.9 Å². The number of carbonyl (C=O) groups is 1. The number of piperazine rings is 1. The van der Waals surface area contributed by atoms with Crippen LogP contribution in [0.3, 0.4) is 0 Å². The molecule has 2 saturated heterocycles. The first-order valence-electron chi connectivity index (χ1n) is 13.9. The molecule has 42 heavy (non-hydrogen) atoms. The van der Waals surface area contributed by atoms with Gasteiger partial charge < -0.3 is 24.4 Å². The van der Waals surface area contributed by atoms with Gasteiger partial charge in [0.15, 0.2) is 11.5 Å². The number of pyridine rings is 1. The molecule has 2 amide bonds. The Bertz CT molecular complexity index is 1410. The molecule has 1 aromatic heterocycles. The van der Waals surface area contributed by atoms with Gasteiger partial charge in [0, 0.05) is 36.9 Å². The van der Waals surface area contributed by atoms with E-state index < -0.39 is 0 Å². The number of ether oxygens (including phenoxy) is 3. The molecule has 220 valence electrons. The molecule has 3 aromatic rings. The molecule has 2 bridgehead atoms. The van der Waals surface area contributed by atoms with Crippen LogP contribution in [0.1, 0.15) is 42.9 Å². The normalized spacial score (nSPS) is 18.7. The van der Waals surface area contributed by atoms with Crippen LogP contribution in [-0.2, 0) is 0 Å². The van der Waals surface area contributed by atoms with E-state index in [1.165, 1.54) is 0 Å². The second-order valence-corrected chi connectivity index (χ2v) is 11.2. The Morgan fingerprint density at radius 3 is 2.31 bits per heavy atom. The number of rotatable bonds is 10. The highest BCUT2D eigenvalue weighted by Crippen LogP contribution is 2.35. The second-order valence-electron chi connectivity index (χ2n) is 10.5. The molecule has 9 nitrogen and oxygen atoms in total. The van der Waals surface area contributed by atoms with Gasteiger partial charge in [-0.3, -0.25) is 4.90 Å². The Labute approximate surface area is 255 Å². The lowest BCUT2D eigenvalue weighted by Gasteiger charge is -2.41. The quantitative estimate of drug-likeness (QED) is 0.260. The number of halogens is 2. The molecule has 0 radical (unpaired) electrons. The number of urea groups is 1. The minimum Gasteiger partial charge on any atom is -0.493 e. The van der Waals surface area contributed by atoms with E-state index in [1.54, 1.807) is 26.4 Å². The van der Waals surface area contributed by atoms with Gasteiger partial charge >= 0.3 is 6.03 Å². The van der Waals surface area contributed by atoms with Gasteiger partial charge in [-0.2, -0.15) is 5.26 Å². The van der Waals surface area contributed by atoms with Crippen molar-refractivity contribution in [3.8, 4) is 23.3 Å². The standard InChI is InChI=1S/C31H33Cl2N5O4/c1-40-27-12-11-25(16-28(27)41-2)42-26(21-7-5-20(17-34)6-8-21)4-3-13-38-23-9-10-24(38)19-37(18-23)31(39)35-22-14-29(32)36-30(33)15-22/h5-8,11-12,14-16,23-24,26H,3-4,9-10,13,18-19H2,1-2H3,(H,35,36,39). The van der Waals surface area contributed by atoms with Crippen molar-refractivity contribution in [1.82, 2.24) is 14.8 Å². The van der Waals surface area contributed by atoms with E-state index >= 15 is 0 Å². The molecular weight excluding hydrogens is 577 g/mol. The number of fused-ring (bicyclic) bond motifs is 2. The summed E-state index contributed by atoms with van der Waals surface area (Å²) in [4.78, 5) is 21.4. The molecule has 2 fully saturated rings. The maximum Gasteiger partial charge on any atom is 0.321 e. The van der Waals surface area contributed by atoms with Gasteiger partial charge in [-0.1, -0.05) is 35.3 Å². The summed E-state index contributed by atoms with van der Waals surface area (Å²) in [6.07, 6.45) is 3.60. The second kappa shape index (κ2) is 13.5. The number of amides is 2. The highest BCUT2D eigenvalue weighted by molar-refractivity contribution is 6.33. The lowest BCUT2D eigenvalue weighted by Crippen LogP contribution is -2.56. The van der Waals surface area contributed by atoms with Crippen molar-refractivity contribution >= 4 is 34.9 Å². The molecule has 3 heterocycles. The number of nitrogens with one attached hydrogen (secondary N) is 1. The van der Waals surface area contributed by atoms with Gasteiger partial charge in [0.1, 0.15) is 22.2 Å². The Kier molecular flexibility index (Phi) is 9.58. The van der Waals surface area contributed by atoms with Crippen LogP contribution in [0, 0.1) is 11.3 Å². The summed E-state index contributed by atoms with van der Waals surface area (Å²) in [7, 11) is 3.20. The van der Waals surface area contributed by atoms with Crippen LogP contribution in [0.15, 0.2) is 54.6 Å². The lowest BCUT2D eigenvalue weighted by molar-refractivity contribution is 0.0813. The van der Waals surface area contributed by atoms with Gasteiger partial charge in [0.25, 0.3) is 0 Å². The number of aromatic nitrogens is 1. The largest absolute Gasteiger partial charge is 0.493 e. The van der Waals surface area contributed by atoms with Crippen LogP contribution >= 0.6 is 23.2 Å². The predicted octanol–water partition coefficient (Wildman–Crippen LogP) is 6.56. The summed E-state index contributed by atoms with van der Waals surface area (Å²) < 4.78 is 17.3. The van der Waals surface area contributed by atoms with E-state index in [0.29, 0.717) is 53.7 Å². The number of likely N-dealkylation sites (tertiary alicyclic amines) is 1. The third-order valence-corrected chi connectivity index (χ3v) is 8.25. The zero-order valence-electron chi connectivity index (χ0n) is 23.6. The van der Waals surface area contributed by atoms with Crippen LogP contribution in [0.2, 0.25) is 10.3 Å². The number of methoxy groups -OCH3 is 2. The molecule has 3 atom stereocenters. The number of anilines is 1. The molecular formula is C31H33Cl2N5O4. The van der Waals surface area contributed by atoms with Crippen LogP contribution in [-0.4, -0.2) is 66.8 Å². The van der Waals surface area contributed by atoms with Crippen molar-refractivity contribution < 1.29 is 19.0 Å². The molecule has 2 aromatic carbocycles. The third kappa shape index (κ3) is 7.01. The Hall–Kier alpha value is -3.71. The average molecular weight is 611 g/mol. The van der Waals surface area contributed by atoms with Crippen molar-refractivity contribution in [3.05, 3.63) is 76.0 Å². The van der Waals surface area contributed by atoms with Crippen LogP contribution < -0.4 is 19.5 Å². The van der Waals surface area contributed by atoms with E-state index in [1.807, 2.05) is 47.4 Å². The van der Waals surface area contributed by atoms with Crippen LogP contribution in [0.4, 0.5) is 10.5 Å². The summed E-state index contributed by atoms with van der Waals surface area (Å²) in [5, 5.41) is 12.6. The molecule has 5 rings (SSSR count). The number of hydrogen-bond acceptors (Lipinski definition) is 7. The Morgan fingerprint density at radius 1 is 1.02 bits per heavy atom.